The molecule has 0 unspecified atom stereocenters. The molecule has 0 atom stereocenters. The van der Waals surface area contributed by atoms with Gasteiger partial charge in [0.15, 0.2) is 0 Å². The van der Waals surface area contributed by atoms with E-state index < -0.39 is 0 Å². The first-order valence-corrected chi connectivity index (χ1v) is 7.61. The molecule has 4 heteroatoms. The molecule has 0 saturated carbocycles. The Balaban J connectivity index is 2.39. The number of benzene rings is 1. The molecule has 1 aromatic heterocycles. The maximum Gasteiger partial charge on any atom is 0.264 e. The number of aromatic nitrogens is 1. The van der Waals surface area contributed by atoms with Crippen molar-refractivity contribution in [1.29, 1.82) is 0 Å². The van der Waals surface area contributed by atoms with Crippen molar-refractivity contribution in [2.75, 3.05) is 6.61 Å². The van der Waals surface area contributed by atoms with Crippen LogP contribution < -0.4 is 10.3 Å². The van der Waals surface area contributed by atoms with Gasteiger partial charge in [0, 0.05) is 12.6 Å². The van der Waals surface area contributed by atoms with E-state index in [0.29, 0.717) is 6.61 Å². The molecule has 0 fully saturated rings. The maximum atomic E-state index is 12.0. The SMILES string of the molecule is CC#CCOc1ccc(-c2ccc(I)c(=O)n2C)c(C)c1. The van der Waals surface area contributed by atoms with E-state index in [4.69, 9.17) is 4.74 Å². The first-order valence-electron chi connectivity index (χ1n) is 6.53. The fourth-order valence-electron chi connectivity index (χ4n) is 2.08. The highest BCUT2D eigenvalue weighted by molar-refractivity contribution is 14.1. The molecule has 0 bridgehead atoms. The van der Waals surface area contributed by atoms with E-state index in [1.54, 1.807) is 18.5 Å². The summed E-state index contributed by atoms with van der Waals surface area (Å²) in [4.78, 5) is 12.0. The number of ether oxygens (including phenoxy) is 1. The average molecular weight is 393 g/mol. The van der Waals surface area contributed by atoms with Crippen molar-refractivity contribution in [3.8, 4) is 28.8 Å². The Hall–Kier alpha value is -1.74. The predicted octanol–water partition coefficient (Wildman–Crippen LogP) is 3.37. The fraction of sp³-hybridized carbons (Fsp3) is 0.235. The number of rotatable bonds is 3. The molecule has 2 aromatic rings. The summed E-state index contributed by atoms with van der Waals surface area (Å²) in [6.45, 7) is 4.18. The summed E-state index contributed by atoms with van der Waals surface area (Å²) in [5.41, 5.74) is 3.01. The third kappa shape index (κ3) is 3.48. The van der Waals surface area contributed by atoms with Gasteiger partial charge in [0.25, 0.3) is 5.56 Å². The Labute approximate surface area is 138 Å². The van der Waals surface area contributed by atoms with Crippen LogP contribution in [0.15, 0.2) is 35.1 Å². The molecule has 0 N–H and O–H groups in total. The highest BCUT2D eigenvalue weighted by Gasteiger charge is 2.09. The molecule has 3 nitrogen and oxygen atoms in total. The zero-order valence-corrected chi connectivity index (χ0v) is 14.4. The summed E-state index contributed by atoms with van der Waals surface area (Å²) in [5, 5.41) is 0. The molecule has 0 radical (unpaired) electrons. The molecule has 0 aliphatic carbocycles. The average Bonchev–Trinajstić information content (AvgIpc) is 2.46. The van der Waals surface area contributed by atoms with Crippen LogP contribution in [0.3, 0.4) is 0 Å². The van der Waals surface area contributed by atoms with E-state index in [-0.39, 0.29) is 5.56 Å². The number of nitrogens with zero attached hydrogens (tertiary/aromatic N) is 1. The molecule has 0 amide bonds. The topological polar surface area (TPSA) is 31.2 Å². The lowest BCUT2D eigenvalue weighted by molar-refractivity contribution is 0.370. The Morgan fingerprint density at radius 3 is 2.71 bits per heavy atom. The molecule has 0 saturated heterocycles. The van der Waals surface area contributed by atoms with E-state index >= 15 is 0 Å². The normalized spacial score (nSPS) is 9.90. The van der Waals surface area contributed by atoms with Crippen LogP contribution in [0.25, 0.3) is 11.3 Å². The highest BCUT2D eigenvalue weighted by Crippen LogP contribution is 2.26. The van der Waals surface area contributed by atoms with Crippen LogP contribution in [-0.2, 0) is 7.05 Å². The summed E-state index contributed by atoms with van der Waals surface area (Å²) < 4.78 is 7.94. The second-order valence-corrected chi connectivity index (χ2v) is 5.79. The number of hydrogen-bond acceptors (Lipinski definition) is 2. The smallest absolute Gasteiger partial charge is 0.264 e. The zero-order chi connectivity index (χ0) is 15.4. The maximum absolute atomic E-state index is 12.0. The lowest BCUT2D eigenvalue weighted by Crippen LogP contribution is -2.20. The lowest BCUT2D eigenvalue weighted by Gasteiger charge is -2.12. The van der Waals surface area contributed by atoms with Crippen LogP contribution in [0.2, 0.25) is 0 Å². The fourth-order valence-corrected chi connectivity index (χ4v) is 2.62. The minimum absolute atomic E-state index is 0.0195. The monoisotopic (exact) mass is 393 g/mol. The Morgan fingerprint density at radius 1 is 1.29 bits per heavy atom. The van der Waals surface area contributed by atoms with E-state index in [0.717, 1.165) is 26.1 Å². The molecular formula is C17H16INO2. The molecular weight excluding hydrogens is 377 g/mol. The molecule has 0 aliphatic heterocycles. The van der Waals surface area contributed by atoms with Gasteiger partial charge in [-0.05, 0) is 72.3 Å². The molecule has 0 aliphatic rings. The van der Waals surface area contributed by atoms with Crippen molar-refractivity contribution in [3.63, 3.8) is 0 Å². The number of aryl methyl sites for hydroxylation is 1. The highest BCUT2D eigenvalue weighted by atomic mass is 127. The van der Waals surface area contributed by atoms with Gasteiger partial charge in [-0.3, -0.25) is 4.79 Å². The van der Waals surface area contributed by atoms with Gasteiger partial charge >= 0.3 is 0 Å². The first-order chi connectivity index (χ1) is 10.0. The van der Waals surface area contributed by atoms with Gasteiger partial charge in [0.1, 0.15) is 12.4 Å². The van der Waals surface area contributed by atoms with Gasteiger partial charge in [-0.2, -0.15) is 0 Å². The van der Waals surface area contributed by atoms with Crippen molar-refractivity contribution in [2.45, 2.75) is 13.8 Å². The minimum Gasteiger partial charge on any atom is -0.481 e. The lowest BCUT2D eigenvalue weighted by atomic mass is 10.0. The van der Waals surface area contributed by atoms with Crippen molar-refractivity contribution >= 4 is 22.6 Å². The summed E-state index contributed by atoms with van der Waals surface area (Å²) in [6.07, 6.45) is 0. The van der Waals surface area contributed by atoms with Gasteiger partial charge in [0.05, 0.1) is 9.26 Å². The standard InChI is InChI=1S/C17H16INO2/c1-4-5-10-21-13-6-7-14(12(2)11-13)16-9-8-15(18)17(20)19(16)3/h6-9,11H,10H2,1-3H3. The third-order valence-electron chi connectivity index (χ3n) is 3.22. The number of hydrogen-bond donors (Lipinski definition) is 0. The first kappa shape index (κ1) is 15.6. The van der Waals surface area contributed by atoms with Crippen molar-refractivity contribution < 1.29 is 4.74 Å². The van der Waals surface area contributed by atoms with Gasteiger partial charge in [-0.25, -0.2) is 0 Å². The summed E-state index contributed by atoms with van der Waals surface area (Å²) >= 11 is 2.05. The van der Waals surface area contributed by atoms with Crippen LogP contribution in [0.4, 0.5) is 0 Å². The van der Waals surface area contributed by atoms with E-state index in [9.17, 15) is 4.79 Å². The second kappa shape index (κ2) is 6.81. The van der Waals surface area contributed by atoms with Crippen molar-refractivity contribution in [1.82, 2.24) is 4.57 Å². The zero-order valence-electron chi connectivity index (χ0n) is 12.2. The molecule has 1 heterocycles. The van der Waals surface area contributed by atoms with Gasteiger partial charge in [-0.1, -0.05) is 5.92 Å². The third-order valence-corrected chi connectivity index (χ3v) is 4.04. The van der Waals surface area contributed by atoms with Gasteiger partial charge in [-0.15, -0.1) is 5.92 Å². The Bertz CT molecular complexity index is 782. The van der Waals surface area contributed by atoms with E-state index in [1.807, 2.05) is 37.3 Å². The van der Waals surface area contributed by atoms with Crippen molar-refractivity contribution in [2.24, 2.45) is 7.05 Å². The largest absolute Gasteiger partial charge is 0.481 e. The van der Waals surface area contributed by atoms with Crippen LogP contribution in [0, 0.1) is 22.3 Å². The quantitative estimate of drug-likeness (QED) is 0.592. The molecule has 108 valence electrons. The van der Waals surface area contributed by atoms with Crippen molar-refractivity contribution in [3.05, 3.63) is 49.8 Å². The minimum atomic E-state index is 0.0195. The molecule has 21 heavy (non-hydrogen) atoms. The van der Waals surface area contributed by atoms with E-state index in [1.165, 1.54) is 0 Å². The van der Waals surface area contributed by atoms with Gasteiger partial charge < -0.3 is 9.30 Å². The number of halogens is 1. The number of pyridine rings is 1. The Morgan fingerprint density at radius 2 is 2.05 bits per heavy atom. The molecule has 0 spiro atoms. The molecule has 1 aromatic carbocycles. The van der Waals surface area contributed by atoms with Crippen LogP contribution in [0.5, 0.6) is 5.75 Å². The van der Waals surface area contributed by atoms with Crippen LogP contribution >= 0.6 is 22.6 Å². The summed E-state index contributed by atoms with van der Waals surface area (Å²) in [6, 6.07) is 9.66. The van der Waals surface area contributed by atoms with Crippen LogP contribution in [0.1, 0.15) is 12.5 Å². The second-order valence-electron chi connectivity index (χ2n) is 4.62. The Kier molecular flexibility index (Phi) is 5.07. The summed E-state index contributed by atoms with van der Waals surface area (Å²) in [5.74, 6) is 6.45. The van der Waals surface area contributed by atoms with Gasteiger partial charge in [0.2, 0.25) is 0 Å². The summed E-state index contributed by atoms with van der Waals surface area (Å²) in [7, 11) is 1.79. The molecule has 2 rings (SSSR count). The van der Waals surface area contributed by atoms with Crippen LogP contribution in [-0.4, -0.2) is 11.2 Å². The van der Waals surface area contributed by atoms with E-state index in [2.05, 4.69) is 34.4 Å². The predicted molar refractivity (Wildman–Crippen MR) is 93.5 cm³/mol.